The number of fused-ring (bicyclic) bond motifs is 2. The average molecular weight is 301 g/mol. The average Bonchev–Trinajstić information content (AvgIpc) is 3.07. The zero-order valence-corrected chi connectivity index (χ0v) is 12.7. The number of aryl methyl sites for hydroxylation is 2. The third-order valence-electron chi connectivity index (χ3n) is 4.75. The summed E-state index contributed by atoms with van der Waals surface area (Å²) in [5.74, 6) is -0.0720. The number of likely N-dealkylation sites (tertiary alicyclic amines) is 2. The number of hydrogen-bond acceptors (Lipinski definition) is 3. The minimum atomic E-state index is -0.422. The van der Waals surface area contributed by atoms with Gasteiger partial charge >= 0.3 is 6.03 Å². The van der Waals surface area contributed by atoms with Gasteiger partial charge in [0.25, 0.3) is 5.91 Å². The lowest BCUT2D eigenvalue weighted by molar-refractivity contribution is 0.0655. The molecule has 2 N–H and O–H groups in total. The monoisotopic (exact) mass is 301 g/mol. The van der Waals surface area contributed by atoms with E-state index in [1.165, 1.54) is 0 Å². The fourth-order valence-electron chi connectivity index (χ4n) is 3.57. The summed E-state index contributed by atoms with van der Waals surface area (Å²) in [6.07, 6.45) is 1.55. The minimum Gasteiger partial charge on any atom is -0.351 e. The maximum Gasteiger partial charge on any atom is 0.315 e. The zero-order valence-electron chi connectivity index (χ0n) is 12.7. The SMILES string of the molecule is Cc1cc(C)c(C(=O)N2C[C@@H]3C[C@H]2CN3C(N)=O)cc1C=O. The van der Waals surface area contributed by atoms with Crippen LogP contribution >= 0.6 is 0 Å². The van der Waals surface area contributed by atoms with E-state index < -0.39 is 6.03 Å². The largest absolute Gasteiger partial charge is 0.351 e. The highest BCUT2D eigenvalue weighted by atomic mass is 16.2. The fraction of sp³-hybridized carbons (Fsp3) is 0.438. The van der Waals surface area contributed by atoms with Crippen LogP contribution < -0.4 is 5.73 Å². The summed E-state index contributed by atoms with van der Waals surface area (Å²) in [5, 5.41) is 0. The van der Waals surface area contributed by atoms with E-state index in [1.807, 2.05) is 19.9 Å². The van der Waals surface area contributed by atoms with Gasteiger partial charge in [0.2, 0.25) is 0 Å². The number of carbonyl (C=O) groups excluding carboxylic acids is 3. The van der Waals surface area contributed by atoms with Gasteiger partial charge in [0, 0.05) is 24.2 Å². The van der Waals surface area contributed by atoms with E-state index in [0.717, 1.165) is 23.8 Å². The van der Waals surface area contributed by atoms with Crippen molar-refractivity contribution in [1.82, 2.24) is 9.80 Å². The number of carbonyl (C=O) groups is 3. The van der Waals surface area contributed by atoms with Gasteiger partial charge in [-0.25, -0.2) is 4.79 Å². The molecule has 116 valence electrons. The van der Waals surface area contributed by atoms with Crippen LogP contribution in [-0.4, -0.2) is 53.2 Å². The van der Waals surface area contributed by atoms with E-state index in [2.05, 4.69) is 0 Å². The Morgan fingerprint density at radius 2 is 1.77 bits per heavy atom. The Labute approximate surface area is 128 Å². The first-order chi connectivity index (χ1) is 10.4. The molecule has 6 heteroatoms. The Morgan fingerprint density at radius 1 is 1.14 bits per heavy atom. The molecule has 0 saturated carbocycles. The third-order valence-corrected chi connectivity index (χ3v) is 4.75. The van der Waals surface area contributed by atoms with Crippen molar-refractivity contribution >= 4 is 18.2 Å². The number of hydrogen-bond donors (Lipinski definition) is 1. The summed E-state index contributed by atoms with van der Waals surface area (Å²) in [7, 11) is 0. The fourth-order valence-corrected chi connectivity index (χ4v) is 3.57. The standard InChI is InChI=1S/C16H19N3O3/c1-9-3-10(2)14(4-11(9)8-20)15(21)18-6-13-5-12(18)7-19(13)16(17)22/h3-4,8,12-13H,5-7H2,1-2H3,(H2,17,22)/t12-,13-/m0/s1. The van der Waals surface area contributed by atoms with Crippen LogP contribution in [0.25, 0.3) is 0 Å². The number of benzene rings is 1. The van der Waals surface area contributed by atoms with Gasteiger partial charge in [-0.1, -0.05) is 6.07 Å². The Morgan fingerprint density at radius 3 is 2.32 bits per heavy atom. The molecule has 2 bridgehead atoms. The summed E-state index contributed by atoms with van der Waals surface area (Å²) in [5.41, 5.74) is 8.17. The summed E-state index contributed by atoms with van der Waals surface area (Å²) >= 11 is 0. The van der Waals surface area contributed by atoms with Crippen molar-refractivity contribution in [3.63, 3.8) is 0 Å². The minimum absolute atomic E-state index is 0.0164. The molecule has 2 fully saturated rings. The van der Waals surface area contributed by atoms with E-state index in [4.69, 9.17) is 5.73 Å². The van der Waals surface area contributed by atoms with E-state index >= 15 is 0 Å². The quantitative estimate of drug-likeness (QED) is 0.830. The van der Waals surface area contributed by atoms with Gasteiger partial charge in [-0.05, 0) is 37.5 Å². The molecule has 2 aliphatic heterocycles. The molecule has 3 rings (SSSR count). The van der Waals surface area contributed by atoms with E-state index in [1.54, 1.807) is 15.9 Å². The molecule has 1 aromatic rings. The molecule has 2 saturated heterocycles. The number of nitrogens with two attached hydrogens (primary N) is 1. The second-order valence-electron chi connectivity index (χ2n) is 6.13. The molecule has 0 radical (unpaired) electrons. The molecular formula is C16H19N3O3. The molecule has 2 aliphatic rings. The van der Waals surface area contributed by atoms with Crippen molar-refractivity contribution in [3.8, 4) is 0 Å². The summed E-state index contributed by atoms with van der Waals surface area (Å²) in [6, 6.07) is 3.14. The van der Waals surface area contributed by atoms with Crippen LogP contribution in [0.1, 0.15) is 38.3 Å². The van der Waals surface area contributed by atoms with E-state index in [0.29, 0.717) is 24.2 Å². The Kier molecular flexibility index (Phi) is 3.39. The maximum atomic E-state index is 12.8. The van der Waals surface area contributed by atoms with Gasteiger partial charge in [-0.3, -0.25) is 9.59 Å². The summed E-state index contributed by atoms with van der Waals surface area (Å²) in [6.45, 7) is 4.74. The highest BCUT2D eigenvalue weighted by molar-refractivity contribution is 5.98. The molecule has 1 aromatic carbocycles. The highest BCUT2D eigenvalue weighted by Gasteiger charge is 2.46. The number of piperazine rings is 1. The van der Waals surface area contributed by atoms with Crippen LogP contribution in [0.2, 0.25) is 0 Å². The Bertz CT molecular complexity index is 671. The van der Waals surface area contributed by atoms with Gasteiger partial charge in [-0.15, -0.1) is 0 Å². The summed E-state index contributed by atoms with van der Waals surface area (Å²) in [4.78, 5) is 38.6. The van der Waals surface area contributed by atoms with Crippen molar-refractivity contribution in [2.75, 3.05) is 13.1 Å². The number of urea groups is 1. The van der Waals surface area contributed by atoms with Crippen molar-refractivity contribution in [2.45, 2.75) is 32.4 Å². The van der Waals surface area contributed by atoms with Gasteiger partial charge in [0.1, 0.15) is 6.29 Å². The lowest BCUT2D eigenvalue weighted by Crippen LogP contribution is -2.52. The Hall–Kier alpha value is -2.37. The highest BCUT2D eigenvalue weighted by Crippen LogP contribution is 2.32. The molecule has 0 aromatic heterocycles. The number of rotatable bonds is 2. The van der Waals surface area contributed by atoms with Crippen LogP contribution in [0.4, 0.5) is 4.79 Å². The number of nitrogens with zero attached hydrogens (tertiary/aromatic N) is 2. The predicted octanol–water partition coefficient (Wildman–Crippen LogP) is 1.09. The molecule has 22 heavy (non-hydrogen) atoms. The van der Waals surface area contributed by atoms with Crippen molar-refractivity contribution in [2.24, 2.45) is 5.73 Å². The predicted molar refractivity (Wildman–Crippen MR) is 80.8 cm³/mol. The number of aldehydes is 1. The van der Waals surface area contributed by atoms with Gasteiger partial charge in [0.05, 0.1) is 12.1 Å². The summed E-state index contributed by atoms with van der Waals surface area (Å²) < 4.78 is 0. The second-order valence-corrected chi connectivity index (χ2v) is 6.13. The molecule has 0 aliphatic carbocycles. The van der Waals surface area contributed by atoms with Crippen LogP contribution in [0.15, 0.2) is 12.1 Å². The van der Waals surface area contributed by atoms with Gasteiger partial charge in [-0.2, -0.15) is 0 Å². The van der Waals surface area contributed by atoms with Crippen LogP contribution in [0, 0.1) is 13.8 Å². The molecule has 2 heterocycles. The first-order valence-electron chi connectivity index (χ1n) is 7.36. The van der Waals surface area contributed by atoms with Crippen LogP contribution in [0.5, 0.6) is 0 Å². The smallest absolute Gasteiger partial charge is 0.315 e. The number of amides is 3. The zero-order chi connectivity index (χ0) is 16.0. The lowest BCUT2D eigenvalue weighted by atomic mass is 9.99. The van der Waals surface area contributed by atoms with Gasteiger partial charge in [0.15, 0.2) is 0 Å². The van der Waals surface area contributed by atoms with Crippen LogP contribution in [-0.2, 0) is 0 Å². The topological polar surface area (TPSA) is 83.7 Å². The molecule has 0 spiro atoms. The molecule has 6 nitrogen and oxygen atoms in total. The van der Waals surface area contributed by atoms with Crippen molar-refractivity contribution < 1.29 is 14.4 Å². The molecular weight excluding hydrogens is 282 g/mol. The van der Waals surface area contributed by atoms with E-state index in [9.17, 15) is 14.4 Å². The van der Waals surface area contributed by atoms with E-state index in [-0.39, 0.29) is 18.0 Å². The normalized spacial score (nSPS) is 23.0. The van der Waals surface area contributed by atoms with Crippen molar-refractivity contribution in [1.29, 1.82) is 0 Å². The lowest BCUT2D eigenvalue weighted by Gasteiger charge is -2.33. The Balaban J connectivity index is 1.85. The second kappa shape index (κ2) is 5.12. The van der Waals surface area contributed by atoms with Crippen LogP contribution in [0.3, 0.4) is 0 Å². The first kappa shape index (κ1) is 14.6. The molecule has 0 unspecified atom stereocenters. The van der Waals surface area contributed by atoms with Gasteiger partial charge < -0.3 is 15.5 Å². The number of primary amides is 1. The molecule has 3 amide bonds. The molecule has 2 atom stereocenters. The first-order valence-corrected chi connectivity index (χ1v) is 7.36. The maximum absolute atomic E-state index is 12.8. The third kappa shape index (κ3) is 2.15. The van der Waals surface area contributed by atoms with Crippen molar-refractivity contribution in [3.05, 3.63) is 34.4 Å².